The van der Waals surface area contributed by atoms with Crippen LogP contribution in [0.25, 0.3) is 0 Å². The van der Waals surface area contributed by atoms with Crippen molar-refractivity contribution < 1.29 is 14.3 Å². The van der Waals surface area contributed by atoms with Crippen molar-refractivity contribution in [3.8, 4) is 5.75 Å². The summed E-state index contributed by atoms with van der Waals surface area (Å²) in [4.78, 5) is 11.1. The molecule has 5 heteroatoms. The number of rotatable bonds is 9. The fourth-order valence-corrected chi connectivity index (χ4v) is 2.01. The van der Waals surface area contributed by atoms with Crippen LogP contribution in [0, 0.1) is 0 Å². The van der Waals surface area contributed by atoms with Gasteiger partial charge in [0, 0.05) is 13.0 Å². The molecule has 0 aromatic heterocycles. The van der Waals surface area contributed by atoms with Gasteiger partial charge in [-0.15, -0.1) is 0 Å². The minimum atomic E-state index is -0.131. The Kier molecular flexibility index (Phi) is 8.07. The van der Waals surface area contributed by atoms with Gasteiger partial charge in [-0.05, 0) is 43.9 Å². The molecule has 0 saturated heterocycles. The minimum absolute atomic E-state index is 0.131. The molecule has 0 saturated carbocycles. The highest BCUT2D eigenvalue weighted by Gasteiger charge is 2.03. The normalized spacial score (nSPS) is 10.3. The quantitative estimate of drug-likeness (QED) is 0.561. The van der Waals surface area contributed by atoms with Gasteiger partial charge in [0.15, 0.2) is 0 Å². The van der Waals surface area contributed by atoms with Crippen LogP contribution in [0.3, 0.4) is 0 Å². The Hall–Kier alpha value is -1.26. The highest BCUT2D eigenvalue weighted by molar-refractivity contribution is 6.32. The van der Waals surface area contributed by atoms with Gasteiger partial charge in [0.05, 0.1) is 18.2 Å². The second-order valence-electron chi connectivity index (χ2n) is 4.43. The molecule has 0 atom stereocenters. The maximum atomic E-state index is 11.1. The van der Waals surface area contributed by atoms with Crippen LogP contribution >= 0.6 is 11.6 Å². The molecule has 0 heterocycles. The number of hydrogen-bond acceptors (Lipinski definition) is 4. The molecule has 0 spiro atoms. The lowest BCUT2D eigenvalue weighted by Gasteiger charge is -2.09. The Labute approximate surface area is 125 Å². The van der Waals surface area contributed by atoms with E-state index in [1.807, 2.05) is 25.1 Å². The van der Waals surface area contributed by atoms with E-state index in [2.05, 4.69) is 0 Å². The van der Waals surface area contributed by atoms with Crippen molar-refractivity contribution >= 4 is 17.6 Å². The van der Waals surface area contributed by atoms with Gasteiger partial charge in [-0.2, -0.15) is 0 Å². The maximum absolute atomic E-state index is 11.1. The van der Waals surface area contributed by atoms with Crippen LogP contribution in [0.4, 0.5) is 0 Å². The average molecular weight is 300 g/mol. The monoisotopic (exact) mass is 299 g/mol. The number of halogens is 1. The highest BCUT2D eigenvalue weighted by atomic mass is 35.5. The summed E-state index contributed by atoms with van der Waals surface area (Å²) in [7, 11) is 0. The largest absolute Gasteiger partial charge is 0.492 e. The van der Waals surface area contributed by atoms with Crippen molar-refractivity contribution in [2.24, 2.45) is 5.73 Å². The maximum Gasteiger partial charge on any atom is 0.305 e. The lowest BCUT2D eigenvalue weighted by molar-refractivity contribution is -0.143. The number of carbonyl (C=O) groups excluding carboxylic acids is 1. The van der Waals surface area contributed by atoms with E-state index in [4.69, 9.17) is 26.8 Å². The summed E-state index contributed by atoms with van der Waals surface area (Å²) >= 11 is 6.08. The molecule has 0 aliphatic rings. The number of benzene rings is 1. The van der Waals surface area contributed by atoms with E-state index in [1.165, 1.54) is 0 Å². The molecule has 0 aliphatic carbocycles. The molecule has 0 fully saturated rings. The van der Waals surface area contributed by atoms with Gasteiger partial charge in [-0.3, -0.25) is 4.79 Å². The summed E-state index contributed by atoms with van der Waals surface area (Å²) in [5, 5.41) is 0.583. The zero-order chi connectivity index (χ0) is 14.8. The smallest absolute Gasteiger partial charge is 0.305 e. The van der Waals surface area contributed by atoms with Gasteiger partial charge in [-0.25, -0.2) is 0 Å². The topological polar surface area (TPSA) is 61.5 Å². The summed E-state index contributed by atoms with van der Waals surface area (Å²) in [6.07, 6.45) is 3.10. The third-order valence-corrected chi connectivity index (χ3v) is 3.12. The molecule has 1 aromatic rings. The Bertz CT molecular complexity index is 424. The zero-order valence-corrected chi connectivity index (χ0v) is 12.6. The zero-order valence-electron chi connectivity index (χ0n) is 11.9. The van der Waals surface area contributed by atoms with E-state index in [0.717, 1.165) is 24.8 Å². The van der Waals surface area contributed by atoms with Gasteiger partial charge in [0.25, 0.3) is 0 Å². The van der Waals surface area contributed by atoms with Crippen LogP contribution in [0.15, 0.2) is 18.2 Å². The molecule has 1 aromatic carbocycles. The highest BCUT2D eigenvalue weighted by Crippen LogP contribution is 2.25. The molecular formula is C15H22ClNO3. The first-order chi connectivity index (χ1) is 9.67. The molecule has 1 rings (SSSR count). The summed E-state index contributed by atoms with van der Waals surface area (Å²) < 4.78 is 10.5. The van der Waals surface area contributed by atoms with Crippen molar-refractivity contribution in [3.05, 3.63) is 28.8 Å². The first kappa shape index (κ1) is 16.8. The third-order valence-electron chi connectivity index (χ3n) is 2.82. The summed E-state index contributed by atoms with van der Waals surface area (Å²) in [6.45, 7) is 3.31. The Balaban J connectivity index is 2.17. The first-order valence-electron chi connectivity index (χ1n) is 6.94. The molecule has 20 heavy (non-hydrogen) atoms. The number of esters is 1. The van der Waals surface area contributed by atoms with E-state index in [1.54, 1.807) is 0 Å². The number of nitrogens with two attached hydrogens (primary N) is 1. The molecule has 0 bridgehead atoms. The summed E-state index contributed by atoms with van der Waals surface area (Å²) in [6, 6.07) is 5.56. The molecule has 112 valence electrons. The van der Waals surface area contributed by atoms with Crippen molar-refractivity contribution in [1.82, 2.24) is 0 Å². The van der Waals surface area contributed by atoms with E-state index in [9.17, 15) is 4.79 Å². The lowest BCUT2D eigenvalue weighted by atomic mass is 10.2. The van der Waals surface area contributed by atoms with Crippen LogP contribution in [0.5, 0.6) is 5.75 Å². The fourth-order valence-electron chi connectivity index (χ4n) is 1.75. The predicted octanol–water partition coefficient (Wildman–Crippen LogP) is 3.30. The first-order valence-corrected chi connectivity index (χ1v) is 7.32. The van der Waals surface area contributed by atoms with Gasteiger partial charge < -0.3 is 15.2 Å². The number of carbonyl (C=O) groups is 1. The lowest BCUT2D eigenvalue weighted by Crippen LogP contribution is -2.04. The Morgan fingerprint density at radius 3 is 2.75 bits per heavy atom. The SMILES string of the molecule is CCOC(=O)CCCCCOc1ccc(CN)cc1Cl. The molecule has 0 unspecified atom stereocenters. The molecule has 0 aliphatic heterocycles. The molecule has 0 radical (unpaired) electrons. The van der Waals surface area contributed by atoms with E-state index in [-0.39, 0.29) is 5.97 Å². The van der Waals surface area contributed by atoms with Crippen molar-refractivity contribution in [2.75, 3.05) is 13.2 Å². The van der Waals surface area contributed by atoms with Crippen LogP contribution in [0.1, 0.15) is 38.2 Å². The van der Waals surface area contributed by atoms with Crippen molar-refractivity contribution in [2.45, 2.75) is 39.2 Å². The van der Waals surface area contributed by atoms with Gasteiger partial charge in [0.2, 0.25) is 0 Å². The average Bonchev–Trinajstić information content (AvgIpc) is 2.44. The Morgan fingerprint density at radius 2 is 2.10 bits per heavy atom. The van der Waals surface area contributed by atoms with E-state index < -0.39 is 0 Å². The van der Waals surface area contributed by atoms with Crippen LogP contribution < -0.4 is 10.5 Å². The number of unbranched alkanes of at least 4 members (excludes halogenated alkanes) is 2. The predicted molar refractivity (Wildman–Crippen MR) is 79.9 cm³/mol. The van der Waals surface area contributed by atoms with Gasteiger partial charge in [-0.1, -0.05) is 17.7 Å². The van der Waals surface area contributed by atoms with Gasteiger partial charge >= 0.3 is 5.97 Å². The number of ether oxygens (including phenoxy) is 2. The van der Waals surface area contributed by atoms with Crippen LogP contribution in [-0.2, 0) is 16.1 Å². The van der Waals surface area contributed by atoms with Gasteiger partial charge in [0.1, 0.15) is 5.75 Å². The molecule has 2 N–H and O–H groups in total. The molecule has 4 nitrogen and oxygen atoms in total. The summed E-state index contributed by atoms with van der Waals surface area (Å²) in [5.74, 6) is 0.545. The standard InChI is InChI=1S/C15H22ClNO3/c1-2-19-15(18)6-4-3-5-9-20-14-8-7-12(11-17)10-13(14)16/h7-8,10H,2-6,9,11,17H2,1H3. The van der Waals surface area contributed by atoms with E-state index >= 15 is 0 Å². The number of hydrogen-bond donors (Lipinski definition) is 1. The minimum Gasteiger partial charge on any atom is -0.492 e. The van der Waals surface area contributed by atoms with Crippen LogP contribution in [-0.4, -0.2) is 19.2 Å². The third kappa shape index (κ3) is 6.26. The van der Waals surface area contributed by atoms with Crippen molar-refractivity contribution in [3.63, 3.8) is 0 Å². The second kappa shape index (κ2) is 9.61. The fraction of sp³-hybridized carbons (Fsp3) is 0.533. The molecular weight excluding hydrogens is 278 g/mol. The Morgan fingerprint density at radius 1 is 1.30 bits per heavy atom. The second-order valence-corrected chi connectivity index (χ2v) is 4.84. The molecule has 0 amide bonds. The summed E-state index contributed by atoms with van der Waals surface area (Å²) in [5.41, 5.74) is 6.52. The van der Waals surface area contributed by atoms with Crippen molar-refractivity contribution in [1.29, 1.82) is 0 Å². The van der Waals surface area contributed by atoms with E-state index in [0.29, 0.717) is 37.0 Å². The van der Waals surface area contributed by atoms with Crippen LogP contribution in [0.2, 0.25) is 5.02 Å².